The van der Waals surface area contributed by atoms with Crippen LogP contribution in [-0.2, 0) is 11.3 Å². The van der Waals surface area contributed by atoms with Crippen molar-refractivity contribution in [3.05, 3.63) is 28.2 Å². The molecule has 1 N–H and O–H groups in total. The molecule has 1 rings (SSSR count). The summed E-state index contributed by atoms with van der Waals surface area (Å²) in [6.07, 6.45) is 2.22. The van der Waals surface area contributed by atoms with Gasteiger partial charge in [-0.3, -0.25) is 0 Å². The van der Waals surface area contributed by atoms with Gasteiger partial charge in [-0.15, -0.1) is 0 Å². The Morgan fingerprint density at radius 3 is 2.76 bits per heavy atom. The van der Waals surface area contributed by atoms with E-state index in [1.165, 1.54) is 0 Å². The molecular formula is C13H19BrO3. The SMILES string of the molecule is CCCCOCCOc1ccc(Br)cc1CO. The number of aliphatic hydroxyl groups excluding tert-OH is 1. The molecule has 0 heterocycles. The number of hydrogen-bond acceptors (Lipinski definition) is 3. The lowest BCUT2D eigenvalue weighted by Gasteiger charge is -2.10. The fourth-order valence-electron chi connectivity index (χ4n) is 1.37. The second-order valence-electron chi connectivity index (χ2n) is 3.72. The van der Waals surface area contributed by atoms with E-state index < -0.39 is 0 Å². The maximum Gasteiger partial charge on any atom is 0.125 e. The van der Waals surface area contributed by atoms with Gasteiger partial charge < -0.3 is 14.6 Å². The van der Waals surface area contributed by atoms with E-state index in [4.69, 9.17) is 9.47 Å². The Hall–Kier alpha value is -0.580. The Labute approximate surface area is 111 Å². The molecule has 4 heteroatoms. The summed E-state index contributed by atoms with van der Waals surface area (Å²) in [5, 5.41) is 9.18. The summed E-state index contributed by atoms with van der Waals surface area (Å²) < 4.78 is 11.9. The predicted octanol–water partition coefficient (Wildman–Crippen LogP) is 3.14. The van der Waals surface area contributed by atoms with Crippen molar-refractivity contribution in [1.82, 2.24) is 0 Å². The average Bonchev–Trinajstić information content (AvgIpc) is 2.35. The van der Waals surface area contributed by atoms with Crippen molar-refractivity contribution in [2.75, 3.05) is 19.8 Å². The molecule has 96 valence electrons. The van der Waals surface area contributed by atoms with Gasteiger partial charge in [0.05, 0.1) is 13.2 Å². The first-order valence-electron chi connectivity index (χ1n) is 5.87. The van der Waals surface area contributed by atoms with Crippen molar-refractivity contribution in [1.29, 1.82) is 0 Å². The molecule has 0 aromatic heterocycles. The van der Waals surface area contributed by atoms with Crippen LogP contribution in [0.15, 0.2) is 22.7 Å². The minimum Gasteiger partial charge on any atom is -0.491 e. The van der Waals surface area contributed by atoms with Crippen LogP contribution < -0.4 is 4.74 Å². The van der Waals surface area contributed by atoms with Gasteiger partial charge in [0.1, 0.15) is 12.4 Å². The third kappa shape index (κ3) is 5.52. The monoisotopic (exact) mass is 302 g/mol. The quantitative estimate of drug-likeness (QED) is 0.750. The van der Waals surface area contributed by atoms with Crippen LogP contribution in [0.1, 0.15) is 25.3 Å². The molecule has 0 saturated carbocycles. The van der Waals surface area contributed by atoms with Crippen molar-refractivity contribution in [3.8, 4) is 5.75 Å². The highest BCUT2D eigenvalue weighted by molar-refractivity contribution is 9.10. The smallest absolute Gasteiger partial charge is 0.125 e. The number of aliphatic hydroxyl groups is 1. The molecule has 0 radical (unpaired) electrons. The molecule has 3 nitrogen and oxygen atoms in total. The lowest BCUT2D eigenvalue weighted by atomic mass is 10.2. The second kappa shape index (κ2) is 8.50. The number of hydrogen-bond donors (Lipinski definition) is 1. The van der Waals surface area contributed by atoms with E-state index in [1.807, 2.05) is 18.2 Å². The summed E-state index contributed by atoms with van der Waals surface area (Å²) in [6.45, 7) is 3.99. The van der Waals surface area contributed by atoms with Crippen LogP contribution >= 0.6 is 15.9 Å². The molecule has 0 aliphatic carbocycles. The summed E-state index contributed by atoms with van der Waals surface area (Å²) >= 11 is 3.36. The van der Waals surface area contributed by atoms with Gasteiger partial charge in [-0.2, -0.15) is 0 Å². The van der Waals surface area contributed by atoms with E-state index in [0.717, 1.165) is 35.2 Å². The third-order valence-corrected chi connectivity index (χ3v) is 2.81. The van der Waals surface area contributed by atoms with Crippen LogP contribution in [0, 0.1) is 0 Å². The van der Waals surface area contributed by atoms with E-state index in [9.17, 15) is 5.11 Å². The molecule has 0 fully saturated rings. The Morgan fingerprint density at radius 2 is 2.06 bits per heavy atom. The zero-order chi connectivity index (χ0) is 12.5. The lowest BCUT2D eigenvalue weighted by molar-refractivity contribution is 0.0971. The fraction of sp³-hybridized carbons (Fsp3) is 0.538. The second-order valence-corrected chi connectivity index (χ2v) is 4.64. The minimum absolute atomic E-state index is 0.0224. The summed E-state index contributed by atoms with van der Waals surface area (Å²) in [6, 6.07) is 5.60. The molecule has 0 bridgehead atoms. The van der Waals surface area contributed by atoms with Crippen LogP contribution in [0.25, 0.3) is 0 Å². The molecule has 0 amide bonds. The van der Waals surface area contributed by atoms with E-state index >= 15 is 0 Å². The van der Waals surface area contributed by atoms with Crippen molar-refractivity contribution >= 4 is 15.9 Å². The van der Waals surface area contributed by atoms with Crippen LogP contribution in [0.4, 0.5) is 0 Å². The molecule has 1 aromatic carbocycles. The van der Waals surface area contributed by atoms with Gasteiger partial charge in [0.2, 0.25) is 0 Å². The molecular weight excluding hydrogens is 284 g/mol. The Bertz CT molecular complexity index is 328. The van der Waals surface area contributed by atoms with Gasteiger partial charge in [-0.05, 0) is 24.6 Å². The first-order chi connectivity index (χ1) is 8.27. The molecule has 17 heavy (non-hydrogen) atoms. The minimum atomic E-state index is -0.0224. The maximum atomic E-state index is 9.18. The molecule has 0 aliphatic heterocycles. The van der Waals surface area contributed by atoms with Crippen LogP contribution in [0.5, 0.6) is 5.75 Å². The van der Waals surface area contributed by atoms with Gasteiger partial charge in [-0.25, -0.2) is 0 Å². The summed E-state index contributed by atoms with van der Waals surface area (Å²) in [5.74, 6) is 0.717. The van der Waals surface area contributed by atoms with Crippen molar-refractivity contribution in [2.24, 2.45) is 0 Å². The van der Waals surface area contributed by atoms with E-state index in [2.05, 4.69) is 22.9 Å². The largest absolute Gasteiger partial charge is 0.491 e. The van der Waals surface area contributed by atoms with Crippen molar-refractivity contribution in [2.45, 2.75) is 26.4 Å². The number of ether oxygens (including phenoxy) is 2. The lowest BCUT2D eigenvalue weighted by Crippen LogP contribution is -2.08. The van der Waals surface area contributed by atoms with Gasteiger partial charge in [0.25, 0.3) is 0 Å². The standard InChI is InChI=1S/C13H19BrO3/c1-2-3-6-16-7-8-17-13-5-4-12(14)9-11(13)10-15/h4-5,9,15H,2-3,6-8,10H2,1H3. The highest BCUT2D eigenvalue weighted by atomic mass is 79.9. The highest BCUT2D eigenvalue weighted by Gasteiger charge is 2.03. The zero-order valence-corrected chi connectivity index (χ0v) is 11.7. The summed E-state index contributed by atoms with van der Waals surface area (Å²) in [4.78, 5) is 0. The Balaban J connectivity index is 2.31. The first kappa shape index (κ1) is 14.5. The Morgan fingerprint density at radius 1 is 1.24 bits per heavy atom. The van der Waals surface area contributed by atoms with Gasteiger partial charge in [0.15, 0.2) is 0 Å². The summed E-state index contributed by atoms with van der Waals surface area (Å²) in [5.41, 5.74) is 0.785. The molecule has 0 saturated heterocycles. The number of rotatable bonds is 8. The van der Waals surface area contributed by atoms with Gasteiger partial charge in [0, 0.05) is 16.6 Å². The summed E-state index contributed by atoms with van der Waals surface area (Å²) in [7, 11) is 0. The van der Waals surface area contributed by atoms with E-state index in [-0.39, 0.29) is 6.61 Å². The van der Waals surface area contributed by atoms with Crippen molar-refractivity contribution in [3.63, 3.8) is 0 Å². The van der Waals surface area contributed by atoms with Gasteiger partial charge in [-0.1, -0.05) is 29.3 Å². The highest BCUT2D eigenvalue weighted by Crippen LogP contribution is 2.23. The van der Waals surface area contributed by atoms with Crippen LogP contribution in [0.2, 0.25) is 0 Å². The van der Waals surface area contributed by atoms with Crippen LogP contribution in [-0.4, -0.2) is 24.9 Å². The molecule has 0 unspecified atom stereocenters. The van der Waals surface area contributed by atoms with E-state index in [0.29, 0.717) is 13.2 Å². The number of benzene rings is 1. The zero-order valence-electron chi connectivity index (χ0n) is 10.1. The Kier molecular flexibility index (Phi) is 7.24. The number of halogens is 1. The fourth-order valence-corrected chi connectivity index (χ4v) is 1.78. The molecule has 0 atom stereocenters. The number of unbranched alkanes of at least 4 members (excludes halogenated alkanes) is 1. The molecule has 1 aromatic rings. The molecule has 0 aliphatic rings. The first-order valence-corrected chi connectivity index (χ1v) is 6.67. The normalized spacial score (nSPS) is 10.5. The maximum absolute atomic E-state index is 9.18. The van der Waals surface area contributed by atoms with Gasteiger partial charge >= 0.3 is 0 Å². The average molecular weight is 303 g/mol. The third-order valence-electron chi connectivity index (χ3n) is 2.32. The van der Waals surface area contributed by atoms with E-state index in [1.54, 1.807) is 0 Å². The van der Waals surface area contributed by atoms with Crippen molar-refractivity contribution < 1.29 is 14.6 Å². The topological polar surface area (TPSA) is 38.7 Å². The van der Waals surface area contributed by atoms with Crippen LogP contribution in [0.3, 0.4) is 0 Å². The predicted molar refractivity (Wildman–Crippen MR) is 71.3 cm³/mol. The molecule has 0 spiro atoms.